The van der Waals surface area contributed by atoms with Gasteiger partial charge in [0.2, 0.25) is 11.8 Å². The van der Waals surface area contributed by atoms with Crippen LogP contribution in [0.15, 0.2) is 6.20 Å². The van der Waals surface area contributed by atoms with E-state index in [1.54, 1.807) is 0 Å². The summed E-state index contributed by atoms with van der Waals surface area (Å²) in [7, 11) is 0. The van der Waals surface area contributed by atoms with Crippen molar-refractivity contribution in [2.45, 2.75) is 32.7 Å². The number of nitrogens with one attached hydrogen (secondary N) is 1. The van der Waals surface area contributed by atoms with Crippen LogP contribution in [0.4, 0.5) is 17.5 Å². The zero-order chi connectivity index (χ0) is 14.0. The zero-order valence-corrected chi connectivity index (χ0v) is 11.0. The van der Waals surface area contributed by atoms with Gasteiger partial charge in [-0.25, -0.2) is 10.8 Å². The van der Waals surface area contributed by atoms with E-state index in [4.69, 9.17) is 5.84 Å². The third kappa shape index (κ3) is 2.58. The van der Waals surface area contributed by atoms with E-state index in [1.807, 2.05) is 4.90 Å². The molecule has 0 spiro atoms. The third-order valence-corrected chi connectivity index (χ3v) is 3.42. The molecule has 0 aliphatic carbocycles. The van der Waals surface area contributed by atoms with Gasteiger partial charge in [0.1, 0.15) is 6.20 Å². The van der Waals surface area contributed by atoms with Crippen molar-refractivity contribution in [3.05, 3.63) is 16.3 Å². The number of nitro groups is 1. The fourth-order valence-corrected chi connectivity index (χ4v) is 2.52. The van der Waals surface area contributed by atoms with Gasteiger partial charge in [0.25, 0.3) is 0 Å². The lowest BCUT2D eigenvalue weighted by atomic mass is 10.0. The molecule has 0 saturated carbocycles. The largest absolute Gasteiger partial charge is 0.348 e. The van der Waals surface area contributed by atoms with Gasteiger partial charge in [0.05, 0.1) is 4.92 Å². The molecule has 1 aromatic heterocycles. The Balaban J connectivity index is 2.43. The summed E-state index contributed by atoms with van der Waals surface area (Å²) in [6.45, 7) is 4.99. The third-order valence-electron chi connectivity index (χ3n) is 3.42. The lowest BCUT2D eigenvalue weighted by molar-refractivity contribution is -0.384. The number of nitrogens with two attached hydrogens (primary N) is 1. The number of anilines is 2. The molecule has 8 nitrogen and oxygen atoms in total. The number of hydrazine groups is 1. The fraction of sp³-hybridized carbons (Fsp3) is 0.636. The molecule has 3 N–H and O–H groups in total. The molecule has 0 radical (unpaired) electrons. The van der Waals surface area contributed by atoms with Crippen LogP contribution in [0.3, 0.4) is 0 Å². The number of nitrogens with zero attached hydrogens (tertiary/aromatic N) is 4. The lowest BCUT2D eigenvalue weighted by Crippen LogP contribution is -2.34. The van der Waals surface area contributed by atoms with Crippen molar-refractivity contribution in [1.82, 2.24) is 9.97 Å². The molecule has 1 aliphatic heterocycles. The molecule has 1 fully saturated rings. The van der Waals surface area contributed by atoms with E-state index in [0.717, 1.165) is 19.4 Å². The lowest BCUT2D eigenvalue weighted by Gasteiger charge is -2.28. The average Bonchev–Trinajstić information content (AvgIpc) is 2.87. The average molecular weight is 266 g/mol. The SMILES string of the molecule is CC(C)C1CCCN1c1nc(NN)ncc1[N+](=O)[O-]. The highest BCUT2D eigenvalue weighted by atomic mass is 16.6. The number of hydrogen-bond acceptors (Lipinski definition) is 7. The molecular formula is C11H18N6O2. The predicted molar refractivity (Wildman–Crippen MR) is 71.7 cm³/mol. The molecule has 1 aromatic rings. The van der Waals surface area contributed by atoms with Gasteiger partial charge in [-0.2, -0.15) is 4.98 Å². The highest BCUT2D eigenvalue weighted by molar-refractivity contribution is 5.60. The summed E-state index contributed by atoms with van der Waals surface area (Å²) in [4.78, 5) is 20.6. The first kappa shape index (κ1) is 13.5. The molecule has 1 unspecified atom stereocenters. The van der Waals surface area contributed by atoms with Crippen molar-refractivity contribution in [2.75, 3.05) is 16.9 Å². The molecule has 104 valence electrons. The Morgan fingerprint density at radius 3 is 2.95 bits per heavy atom. The standard InChI is InChI=1S/C11H18N6O2/c1-7(2)8-4-3-5-16(8)10-9(17(18)19)6-13-11(14-10)15-12/h6-8H,3-5,12H2,1-2H3,(H,13,14,15). The van der Waals surface area contributed by atoms with Gasteiger partial charge in [-0.3, -0.25) is 15.5 Å². The highest BCUT2D eigenvalue weighted by Crippen LogP contribution is 2.34. The molecule has 2 rings (SSSR count). The molecule has 19 heavy (non-hydrogen) atoms. The Morgan fingerprint density at radius 2 is 2.37 bits per heavy atom. The Bertz CT molecular complexity index is 478. The first-order chi connectivity index (χ1) is 9.04. The molecule has 1 atom stereocenters. The van der Waals surface area contributed by atoms with Gasteiger partial charge in [-0.1, -0.05) is 13.8 Å². The van der Waals surface area contributed by atoms with Crippen molar-refractivity contribution in [3.63, 3.8) is 0 Å². The van der Waals surface area contributed by atoms with Crippen molar-refractivity contribution in [3.8, 4) is 0 Å². The van der Waals surface area contributed by atoms with Crippen molar-refractivity contribution < 1.29 is 4.92 Å². The van der Waals surface area contributed by atoms with Gasteiger partial charge < -0.3 is 4.90 Å². The summed E-state index contributed by atoms with van der Waals surface area (Å²) >= 11 is 0. The van der Waals surface area contributed by atoms with E-state index in [0.29, 0.717) is 11.7 Å². The molecule has 1 saturated heterocycles. The molecule has 0 bridgehead atoms. The number of nitrogen functional groups attached to an aromatic ring is 1. The van der Waals surface area contributed by atoms with Crippen molar-refractivity contribution >= 4 is 17.5 Å². The minimum atomic E-state index is -0.453. The molecule has 2 heterocycles. The maximum absolute atomic E-state index is 11.1. The van der Waals surface area contributed by atoms with Gasteiger partial charge in [-0.15, -0.1) is 0 Å². The smallest absolute Gasteiger partial charge is 0.329 e. The van der Waals surface area contributed by atoms with Gasteiger partial charge in [0, 0.05) is 12.6 Å². The summed E-state index contributed by atoms with van der Waals surface area (Å²) in [6, 6.07) is 0.263. The second kappa shape index (κ2) is 5.35. The van der Waals surface area contributed by atoms with E-state index in [9.17, 15) is 10.1 Å². The highest BCUT2D eigenvalue weighted by Gasteiger charge is 2.33. The van der Waals surface area contributed by atoms with E-state index in [-0.39, 0.29) is 17.7 Å². The minimum Gasteiger partial charge on any atom is -0.348 e. The zero-order valence-electron chi connectivity index (χ0n) is 11.0. The summed E-state index contributed by atoms with van der Waals surface area (Å²) in [5.74, 6) is 6.22. The van der Waals surface area contributed by atoms with Crippen LogP contribution in [0.25, 0.3) is 0 Å². The van der Waals surface area contributed by atoms with Crippen LogP contribution in [0.1, 0.15) is 26.7 Å². The number of hydrogen-bond donors (Lipinski definition) is 2. The maximum atomic E-state index is 11.1. The summed E-state index contributed by atoms with van der Waals surface area (Å²) in [5.41, 5.74) is 2.25. The van der Waals surface area contributed by atoms with Crippen molar-refractivity contribution in [2.24, 2.45) is 11.8 Å². The first-order valence-electron chi connectivity index (χ1n) is 6.29. The fourth-order valence-electron chi connectivity index (χ4n) is 2.52. The van der Waals surface area contributed by atoms with E-state index in [1.165, 1.54) is 6.20 Å². The van der Waals surface area contributed by atoms with Crippen molar-refractivity contribution in [1.29, 1.82) is 0 Å². The quantitative estimate of drug-likeness (QED) is 0.480. The first-order valence-corrected chi connectivity index (χ1v) is 6.29. The molecule has 8 heteroatoms. The van der Waals surface area contributed by atoms with E-state index < -0.39 is 4.92 Å². The second-order valence-electron chi connectivity index (χ2n) is 4.95. The monoisotopic (exact) mass is 266 g/mol. The second-order valence-corrected chi connectivity index (χ2v) is 4.95. The molecule has 0 aromatic carbocycles. The van der Waals surface area contributed by atoms with Crippen LogP contribution in [0.2, 0.25) is 0 Å². The predicted octanol–water partition coefficient (Wildman–Crippen LogP) is 1.30. The number of rotatable bonds is 4. The Kier molecular flexibility index (Phi) is 3.79. The van der Waals surface area contributed by atoms with Gasteiger partial charge in [0.15, 0.2) is 0 Å². The minimum absolute atomic E-state index is 0.0773. The van der Waals surface area contributed by atoms with Crippen LogP contribution < -0.4 is 16.2 Å². The van der Waals surface area contributed by atoms with Crippen LogP contribution in [0, 0.1) is 16.0 Å². The molecule has 1 aliphatic rings. The van der Waals surface area contributed by atoms with Crippen LogP contribution in [-0.2, 0) is 0 Å². The van der Waals surface area contributed by atoms with Gasteiger partial charge in [-0.05, 0) is 18.8 Å². The van der Waals surface area contributed by atoms with Gasteiger partial charge >= 0.3 is 5.69 Å². The molecular weight excluding hydrogens is 248 g/mol. The summed E-state index contributed by atoms with van der Waals surface area (Å²) in [5, 5.41) is 11.1. The molecule has 0 amide bonds. The Hall–Kier alpha value is -1.96. The van der Waals surface area contributed by atoms with Crippen LogP contribution >= 0.6 is 0 Å². The Morgan fingerprint density at radius 1 is 1.63 bits per heavy atom. The maximum Gasteiger partial charge on any atom is 0.329 e. The Labute approximate surface area is 111 Å². The summed E-state index contributed by atoms with van der Waals surface area (Å²) < 4.78 is 0. The number of aromatic nitrogens is 2. The topological polar surface area (TPSA) is 110 Å². The van der Waals surface area contributed by atoms with Crippen LogP contribution in [-0.4, -0.2) is 27.5 Å². The summed E-state index contributed by atoms with van der Waals surface area (Å²) in [6.07, 6.45) is 3.23. The van der Waals surface area contributed by atoms with Crippen LogP contribution in [0.5, 0.6) is 0 Å². The van der Waals surface area contributed by atoms with E-state index in [2.05, 4.69) is 29.2 Å². The van der Waals surface area contributed by atoms with E-state index >= 15 is 0 Å². The normalized spacial score (nSPS) is 18.9.